The topological polar surface area (TPSA) is 46.2 Å². The van der Waals surface area contributed by atoms with Gasteiger partial charge in [0.1, 0.15) is 8.24 Å². The third kappa shape index (κ3) is 3.77. The summed E-state index contributed by atoms with van der Waals surface area (Å²) >= 11 is 0. The molecule has 0 radical (unpaired) electrons. The summed E-state index contributed by atoms with van der Waals surface area (Å²) in [4.78, 5) is 0.352. The molecule has 0 spiro atoms. The van der Waals surface area contributed by atoms with Crippen LogP contribution in [0.5, 0.6) is 0 Å². The molecule has 0 atom stereocenters. The molecule has 0 aliphatic heterocycles. The summed E-state index contributed by atoms with van der Waals surface area (Å²) in [6.45, 7) is 7.76. The van der Waals surface area contributed by atoms with E-state index in [4.69, 9.17) is 0 Å². The molecular formula is C10H17NO2SSi. The smallest absolute Gasteiger partial charge is 0.234 e. The largest absolute Gasteiger partial charge is 0.234 e. The van der Waals surface area contributed by atoms with Crippen molar-refractivity contribution >= 4 is 18.3 Å². The van der Waals surface area contributed by atoms with Crippen LogP contribution in [0.4, 0.5) is 0 Å². The van der Waals surface area contributed by atoms with Crippen molar-refractivity contribution in [3.63, 3.8) is 0 Å². The van der Waals surface area contributed by atoms with E-state index in [1.807, 2.05) is 32.6 Å². The molecule has 1 rings (SSSR count). The van der Waals surface area contributed by atoms with Gasteiger partial charge in [-0.3, -0.25) is 0 Å². The maximum atomic E-state index is 11.9. The average molecular weight is 243 g/mol. The van der Waals surface area contributed by atoms with Crippen molar-refractivity contribution in [2.24, 2.45) is 0 Å². The Morgan fingerprint density at radius 2 is 1.80 bits per heavy atom. The Labute approximate surface area is 92.7 Å². The highest BCUT2D eigenvalue weighted by molar-refractivity contribution is 7.91. The molecule has 0 unspecified atom stereocenters. The van der Waals surface area contributed by atoms with Gasteiger partial charge in [-0.2, -0.15) is 0 Å². The van der Waals surface area contributed by atoms with E-state index in [-0.39, 0.29) is 0 Å². The lowest BCUT2D eigenvalue weighted by Gasteiger charge is -2.18. The molecule has 0 heterocycles. The first kappa shape index (κ1) is 12.4. The van der Waals surface area contributed by atoms with Crippen LogP contribution in [-0.2, 0) is 10.0 Å². The number of hydrogen-bond donors (Lipinski definition) is 1. The Kier molecular flexibility index (Phi) is 3.37. The zero-order valence-electron chi connectivity index (χ0n) is 9.53. The molecule has 5 heteroatoms. The van der Waals surface area contributed by atoms with E-state index in [9.17, 15) is 8.42 Å². The molecule has 84 valence electrons. The summed E-state index contributed by atoms with van der Waals surface area (Å²) in [5, 5.41) is 0. The Hall–Kier alpha value is -0.653. The maximum Gasteiger partial charge on any atom is 0.234 e. The lowest BCUT2D eigenvalue weighted by Crippen LogP contribution is -2.45. The maximum absolute atomic E-state index is 11.9. The predicted molar refractivity (Wildman–Crippen MR) is 64.8 cm³/mol. The summed E-state index contributed by atoms with van der Waals surface area (Å²) in [5.41, 5.74) is 0.952. The fourth-order valence-electron chi connectivity index (χ4n) is 1.24. The molecule has 0 amide bonds. The molecule has 3 nitrogen and oxygen atoms in total. The summed E-state index contributed by atoms with van der Waals surface area (Å²) < 4.78 is 26.6. The van der Waals surface area contributed by atoms with Crippen LogP contribution >= 0.6 is 0 Å². The highest BCUT2D eigenvalue weighted by Gasteiger charge is 2.23. The van der Waals surface area contributed by atoms with E-state index in [0.29, 0.717) is 4.90 Å². The van der Waals surface area contributed by atoms with E-state index in [0.717, 1.165) is 5.56 Å². The molecule has 0 aliphatic rings. The van der Waals surface area contributed by atoms with Gasteiger partial charge >= 0.3 is 0 Å². The standard InChI is InChI=1S/C10H17NO2SSi/c1-9-6-5-7-10(8-9)14(12,13)11-15(2,3)4/h5-8,11H,1-4H3. The Morgan fingerprint density at radius 1 is 1.20 bits per heavy atom. The molecule has 1 aromatic rings. The van der Waals surface area contributed by atoms with Gasteiger partial charge < -0.3 is 0 Å². The predicted octanol–water partition coefficient (Wildman–Crippen LogP) is 2.11. The SMILES string of the molecule is Cc1cccc(S(=O)(=O)N[Si](C)(C)C)c1. The van der Waals surface area contributed by atoms with Crippen LogP contribution < -0.4 is 4.39 Å². The second-order valence-corrected chi connectivity index (χ2v) is 11.5. The number of aryl methyl sites for hydroxylation is 1. The summed E-state index contributed by atoms with van der Waals surface area (Å²) in [7, 11) is -5.16. The number of sulfonamides is 1. The van der Waals surface area contributed by atoms with Crippen molar-refractivity contribution in [3.8, 4) is 0 Å². The number of nitrogens with one attached hydrogen (secondary N) is 1. The third-order valence-corrected chi connectivity index (χ3v) is 6.14. The van der Waals surface area contributed by atoms with Crippen LogP contribution in [0.1, 0.15) is 5.56 Å². The molecule has 0 fully saturated rings. The summed E-state index contributed by atoms with van der Waals surface area (Å²) in [6.07, 6.45) is 0. The number of hydrogen-bond acceptors (Lipinski definition) is 2. The van der Waals surface area contributed by atoms with Gasteiger partial charge in [0.15, 0.2) is 0 Å². The Balaban J connectivity index is 3.07. The van der Waals surface area contributed by atoms with Crippen LogP contribution in [0.3, 0.4) is 0 Å². The molecule has 0 aromatic heterocycles. The molecule has 1 N–H and O–H groups in total. The molecule has 0 bridgehead atoms. The van der Waals surface area contributed by atoms with Crippen LogP contribution in [0.15, 0.2) is 29.2 Å². The van der Waals surface area contributed by atoms with Crippen LogP contribution in [-0.4, -0.2) is 16.7 Å². The van der Waals surface area contributed by atoms with Gasteiger partial charge in [-0.1, -0.05) is 31.8 Å². The normalized spacial score (nSPS) is 12.8. The minimum atomic E-state index is -3.33. The fraction of sp³-hybridized carbons (Fsp3) is 0.400. The number of benzene rings is 1. The quantitative estimate of drug-likeness (QED) is 0.827. The van der Waals surface area contributed by atoms with Crippen molar-refractivity contribution in [2.45, 2.75) is 31.5 Å². The molecule has 0 saturated carbocycles. The van der Waals surface area contributed by atoms with E-state index >= 15 is 0 Å². The highest BCUT2D eigenvalue weighted by atomic mass is 32.2. The van der Waals surface area contributed by atoms with Crippen LogP contribution in [0, 0.1) is 6.92 Å². The van der Waals surface area contributed by atoms with Gasteiger partial charge in [0.25, 0.3) is 0 Å². The molecule has 15 heavy (non-hydrogen) atoms. The van der Waals surface area contributed by atoms with Crippen molar-refractivity contribution in [3.05, 3.63) is 29.8 Å². The van der Waals surface area contributed by atoms with Crippen molar-refractivity contribution in [2.75, 3.05) is 0 Å². The van der Waals surface area contributed by atoms with Crippen molar-refractivity contribution in [1.29, 1.82) is 0 Å². The van der Waals surface area contributed by atoms with E-state index in [2.05, 4.69) is 4.39 Å². The first-order chi connectivity index (χ1) is 6.71. The van der Waals surface area contributed by atoms with E-state index in [1.165, 1.54) is 0 Å². The highest BCUT2D eigenvalue weighted by Crippen LogP contribution is 2.12. The second-order valence-electron chi connectivity index (χ2n) is 4.67. The summed E-state index contributed by atoms with van der Waals surface area (Å²) in [5.74, 6) is 0. The van der Waals surface area contributed by atoms with Crippen molar-refractivity contribution < 1.29 is 8.42 Å². The third-order valence-electron chi connectivity index (χ3n) is 1.74. The average Bonchev–Trinajstić information content (AvgIpc) is 1.99. The molecule has 0 saturated heterocycles. The lowest BCUT2D eigenvalue weighted by atomic mass is 10.2. The van der Waals surface area contributed by atoms with Gasteiger partial charge in [-0.15, -0.1) is 0 Å². The molecular weight excluding hydrogens is 226 g/mol. The minimum absolute atomic E-state index is 0.352. The van der Waals surface area contributed by atoms with Gasteiger partial charge in [0, 0.05) is 0 Å². The molecule has 1 aromatic carbocycles. The van der Waals surface area contributed by atoms with Crippen LogP contribution in [0.25, 0.3) is 0 Å². The van der Waals surface area contributed by atoms with E-state index < -0.39 is 18.3 Å². The zero-order valence-corrected chi connectivity index (χ0v) is 11.4. The zero-order chi connectivity index (χ0) is 11.7. The van der Waals surface area contributed by atoms with Gasteiger partial charge in [-0.05, 0) is 24.6 Å². The number of rotatable bonds is 3. The van der Waals surface area contributed by atoms with Gasteiger partial charge in [0.05, 0.1) is 4.90 Å². The van der Waals surface area contributed by atoms with Gasteiger partial charge in [-0.25, -0.2) is 12.8 Å². The first-order valence-corrected chi connectivity index (χ1v) is 9.80. The fourth-order valence-corrected chi connectivity index (χ4v) is 5.54. The minimum Gasteiger partial charge on any atom is -0.234 e. The second kappa shape index (κ2) is 4.07. The lowest BCUT2D eigenvalue weighted by molar-refractivity contribution is 0.592. The van der Waals surface area contributed by atoms with Gasteiger partial charge in [0.2, 0.25) is 10.0 Å². The van der Waals surface area contributed by atoms with E-state index in [1.54, 1.807) is 18.2 Å². The van der Waals surface area contributed by atoms with Crippen molar-refractivity contribution in [1.82, 2.24) is 4.39 Å². The molecule has 0 aliphatic carbocycles. The summed E-state index contributed by atoms with van der Waals surface area (Å²) in [6, 6.07) is 6.94. The Morgan fingerprint density at radius 3 is 2.27 bits per heavy atom. The first-order valence-electron chi connectivity index (χ1n) is 4.81. The Bertz CT molecular complexity index is 449. The monoisotopic (exact) mass is 243 g/mol. The van der Waals surface area contributed by atoms with Crippen LogP contribution in [0.2, 0.25) is 19.6 Å².